The molecule has 0 saturated heterocycles. The molecule has 3 unspecified atom stereocenters. The van der Waals surface area contributed by atoms with Crippen molar-refractivity contribution in [2.45, 2.75) is 129 Å². The predicted molar refractivity (Wildman–Crippen MR) is 139 cm³/mol. The van der Waals surface area contributed by atoms with E-state index in [2.05, 4.69) is 60.1 Å². The Morgan fingerprint density at radius 2 is 1.64 bits per heavy atom. The average Bonchev–Trinajstić information content (AvgIpc) is 2.91. The summed E-state index contributed by atoms with van der Waals surface area (Å²) in [5.41, 5.74) is -1.17. The van der Waals surface area contributed by atoms with Crippen molar-refractivity contribution in [3.63, 3.8) is 0 Å². The predicted octanol–water partition coefficient (Wildman–Crippen LogP) is 6.40. The normalized spacial score (nSPS) is 47.0. The SMILES string of the molecule is CC(O[Si](C)(C)C)[C@@]1(O)CC[C@H]2[C@@H]3CCC4CC(O[Si](C)(C)C)CC[C@]4(C)[C@H]3C(=O)C[C@@]21C. The summed E-state index contributed by atoms with van der Waals surface area (Å²) < 4.78 is 13.0. The van der Waals surface area contributed by atoms with Gasteiger partial charge in [0.1, 0.15) is 5.78 Å². The first-order valence-corrected chi connectivity index (χ1v) is 20.4. The van der Waals surface area contributed by atoms with Crippen LogP contribution in [0.15, 0.2) is 0 Å². The summed E-state index contributed by atoms with van der Waals surface area (Å²) in [6.07, 6.45) is 8.17. The molecule has 0 aromatic heterocycles. The van der Waals surface area contributed by atoms with Crippen LogP contribution in [-0.4, -0.2) is 45.3 Å². The van der Waals surface area contributed by atoms with Crippen LogP contribution in [0.4, 0.5) is 0 Å². The van der Waals surface area contributed by atoms with Crippen molar-refractivity contribution >= 4 is 22.4 Å². The highest BCUT2D eigenvalue weighted by atomic mass is 28.4. The topological polar surface area (TPSA) is 55.8 Å². The van der Waals surface area contributed by atoms with Crippen molar-refractivity contribution < 1.29 is 18.8 Å². The fraction of sp³-hybridized carbons (Fsp3) is 0.963. The first-order valence-electron chi connectivity index (χ1n) is 13.6. The van der Waals surface area contributed by atoms with Crippen molar-refractivity contribution in [3.8, 4) is 0 Å². The lowest BCUT2D eigenvalue weighted by atomic mass is 9.44. The average molecular weight is 495 g/mol. The van der Waals surface area contributed by atoms with Gasteiger partial charge in [-0.15, -0.1) is 0 Å². The van der Waals surface area contributed by atoms with Gasteiger partial charge in [-0.25, -0.2) is 0 Å². The quantitative estimate of drug-likeness (QED) is 0.449. The Morgan fingerprint density at radius 3 is 2.24 bits per heavy atom. The van der Waals surface area contributed by atoms with Gasteiger partial charge in [-0.05, 0) is 114 Å². The van der Waals surface area contributed by atoms with E-state index in [1.807, 2.05) is 0 Å². The Bertz CT molecular complexity index is 773. The summed E-state index contributed by atoms with van der Waals surface area (Å²) in [6, 6.07) is 0. The third kappa shape index (κ3) is 4.38. The lowest BCUT2D eigenvalue weighted by molar-refractivity contribution is -0.187. The number of ketones is 1. The van der Waals surface area contributed by atoms with Crippen molar-refractivity contribution in [2.24, 2.45) is 34.5 Å². The highest BCUT2D eigenvalue weighted by Gasteiger charge is 2.68. The van der Waals surface area contributed by atoms with Gasteiger partial charge in [0.15, 0.2) is 16.6 Å². The molecule has 0 amide bonds. The van der Waals surface area contributed by atoms with Crippen molar-refractivity contribution in [1.82, 2.24) is 0 Å². The molecule has 4 saturated carbocycles. The Morgan fingerprint density at radius 1 is 0.970 bits per heavy atom. The summed E-state index contributed by atoms with van der Waals surface area (Å²) in [7, 11) is -3.34. The number of fused-ring (bicyclic) bond motifs is 5. The van der Waals surface area contributed by atoms with Gasteiger partial charge in [0.05, 0.1) is 11.7 Å². The molecule has 4 aliphatic carbocycles. The van der Waals surface area contributed by atoms with E-state index in [-0.39, 0.29) is 22.9 Å². The van der Waals surface area contributed by atoms with E-state index < -0.39 is 22.2 Å². The van der Waals surface area contributed by atoms with E-state index in [0.717, 1.165) is 38.5 Å². The molecule has 4 fully saturated rings. The summed E-state index contributed by atoms with van der Waals surface area (Å²) in [5, 5.41) is 12.1. The molecule has 9 atom stereocenters. The molecule has 6 heteroatoms. The molecule has 0 heterocycles. The van der Waals surface area contributed by atoms with Crippen LogP contribution in [-0.2, 0) is 13.6 Å². The number of carbonyl (C=O) groups is 1. The summed E-state index contributed by atoms with van der Waals surface area (Å²) in [5.74, 6) is 2.03. The maximum Gasteiger partial charge on any atom is 0.184 e. The van der Waals surface area contributed by atoms with Gasteiger partial charge in [-0.2, -0.15) is 0 Å². The smallest absolute Gasteiger partial charge is 0.184 e. The lowest BCUT2D eigenvalue weighted by Crippen LogP contribution is -2.63. The highest BCUT2D eigenvalue weighted by Crippen LogP contribution is 2.68. The van der Waals surface area contributed by atoms with Gasteiger partial charge < -0.3 is 14.0 Å². The maximum atomic E-state index is 14.0. The molecule has 4 aliphatic rings. The van der Waals surface area contributed by atoms with E-state index in [0.29, 0.717) is 36.1 Å². The number of hydrogen-bond donors (Lipinski definition) is 1. The molecule has 0 bridgehead atoms. The second-order valence-corrected chi connectivity index (χ2v) is 23.5. The van der Waals surface area contributed by atoms with Crippen LogP contribution in [0.5, 0.6) is 0 Å². The van der Waals surface area contributed by atoms with E-state index >= 15 is 0 Å². The standard InChI is InChI=1S/C27H50O4Si2/c1-18(30-32(4,5)6)27(29)15-13-22-21-11-10-19-16-20(31-33(7,8)9)12-14-25(19,2)24(21)23(28)17-26(22,27)3/h18-22,24,29H,10-17H2,1-9H3/t18?,19?,20?,21-,22-,24+,25-,26-,27-/m0/s1. The number of Topliss-reactive ketones (excluding diaryl/α,β-unsaturated/α-hetero) is 1. The highest BCUT2D eigenvalue weighted by molar-refractivity contribution is 6.70. The molecule has 1 N–H and O–H groups in total. The van der Waals surface area contributed by atoms with Gasteiger partial charge in [0, 0.05) is 23.9 Å². The van der Waals surface area contributed by atoms with E-state index in [1.165, 1.54) is 6.42 Å². The first-order chi connectivity index (χ1) is 15.0. The third-order valence-corrected chi connectivity index (χ3v) is 12.3. The fourth-order valence-electron chi connectivity index (χ4n) is 8.97. The Hall–Kier alpha value is -0.0162. The van der Waals surface area contributed by atoms with Gasteiger partial charge in [-0.1, -0.05) is 13.8 Å². The molecule has 4 nitrogen and oxygen atoms in total. The van der Waals surface area contributed by atoms with Crippen molar-refractivity contribution in [2.75, 3.05) is 0 Å². The molecular formula is C27H50O4Si2. The Balaban J connectivity index is 1.57. The zero-order chi connectivity index (χ0) is 24.6. The Labute approximate surface area is 204 Å². The number of rotatable bonds is 5. The molecule has 0 aliphatic heterocycles. The van der Waals surface area contributed by atoms with Gasteiger partial charge in [0.2, 0.25) is 0 Å². The lowest BCUT2D eigenvalue weighted by Gasteiger charge is -2.61. The fourth-order valence-corrected chi connectivity index (χ4v) is 11.4. The van der Waals surface area contributed by atoms with Crippen LogP contribution in [0.2, 0.25) is 39.3 Å². The van der Waals surface area contributed by atoms with Crippen LogP contribution in [0.1, 0.15) is 72.1 Å². The minimum Gasteiger partial charge on any atom is -0.415 e. The largest absolute Gasteiger partial charge is 0.415 e. The minimum atomic E-state index is -1.79. The molecule has 190 valence electrons. The van der Waals surface area contributed by atoms with Crippen molar-refractivity contribution in [3.05, 3.63) is 0 Å². The monoisotopic (exact) mass is 494 g/mol. The summed E-state index contributed by atoms with van der Waals surface area (Å²) in [6.45, 7) is 20.1. The van der Waals surface area contributed by atoms with Crippen LogP contribution < -0.4 is 0 Å². The van der Waals surface area contributed by atoms with Crippen LogP contribution in [0.3, 0.4) is 0 Å². The molecular weight excluding hydrogens is 444 g/mol. The van der Waals surface area contributed by atoms with Crippen LogP contribution in [0.25, 0.3) is 0 Å². The van der Waals surface area contributed by atoms with Gasteiger partial charge in [-0.3, -0.25) is 4.79 Å². The first kappa shape index (κ1) is 26.1. The molecule has 4 rings (SSSR count). The summed E-state index contributed by atoms with van der Waals surface area (Å²) in [4.78, 5) is 14.0. The Kier molecular flexibility index (Phi) is 6.52. The third-order valence-electron chi connectivity index (χ3n) is 10.2. The molecule has 0 aromatic rings. The zero-order valence-corrected chi connectivity index (χ0v) is 24.8. The second-order valence-electron chi connectivity index (χ2n) is 14.6. The van der Waals surface area contributed by atoms with E-state index in [4.69, 9.17) is 8.85 Å². The molecule has 0 radical (unpaired) electrons. The number of carbonyl (C=O) groups excluding carboxylic acids is 1. The van der Waals surface area contributed by atoms with E-state index in [9.17, 15) is 9.90 Å². The number of aliphatic hydroxyl groups is 1. The second kappa shape index (κ2) is 8.26. The zero-order valence-electron chi connectivity index (χ0n) is 22.8. The van der Waals surface area contributed by atoms with Crippen LogP contribution in [0, 0.1) is 34.5 Å². The van der Waals surface area contributed by atoms with E-state index in [1.54, 1.807) is 0 Å². The van der Waals surface area contributed by atoms with Gasteiger partial charge >= 0.3 is 0 Å². The molecule has 0 spiro atoms. The maximum absolute atomic E-state index is 14.0. The van der Waals surface area contributed by atoms with Crippen molar-refractivity contribution in [1.29, 1.82) is 0 Å². The van der Waals surface area contributed by atoms with Crippen LogP contribution >= 0.6 is 0 Å². The number of hydrogen-bond acceptors (Lipinski definition) is 4. The molecule has 0 aromatic carbocycles. The molecule has 33 heavy (non-hydrogen) atoms. The summed E-state index contributed by atoms with van der Waals surface area (Å²) >= 11 is 0. The minimum absolute atomic E-state index is 0.0990. The van der Waals surface area contributed by atoms with Gasteiger partial charge in [0.25, 0.3) is 0 Å².